The minimum atomic E-state index is 0.0799. The van der Waals surface area contributed by atoms with Crippen LogP contribution in [-0.2, 0) is 26.6 Å². The fraction of sp³-hybridized carbons (Fsp3) is 0.588. The summed E-state index contributed by atoms with van der Waals surface area (Å²) in [7, 11) is 2.01. The first-order chi connectivity index (χ1) is 11.6. The molecule has 0 spiro atoms. The van der Waals surface area contributed by atoms with Crippen molar-refractivity contribution in [3.8, 4) is 0 Å². The van der Waals surface area contributed by atoms with Crippen molar-refractivity contribution in [2.45, 2.75) is 45.3 Å². The SMILES string of the molecule is CC1CCCN1C(=O)c1n[nH]c2c1CN(Cc1nccn1C)CC2. The number of amides is 1. The van der Waals surface area contributed by atoms with Crippen LogP contribution in [0.5, 0.6) is 0 Å². The molecule has 7 nitrogen and oxygen atoms in total. The smallest absolute Gasteiger partial charge is 0.274 e. The van der Waals surface area contributed by atoms with Gasteiger partial charge in [0.15, 0.2) is 5.69 Å². The number of nitrogens with zero attached hydrogens (tertiary/aromatic N) is 5. The van der Waals surface area contributed by atoms with Crippen molar-refractivity contribution in [3.63, 3.8) is 0 Å². The Morgan fingerprint density at radius 1 is 1.42 bits per heavy atom. The molecular weight excluding hydrogens is 304 g/mol. The van der Waals surface area contributed by atoms with Crippen LogP contribution in [0.2, 0.25) is 0 Å². The maximum absolute atomic E-state index is 12.9. The van der Waals surface area contributed by atoms with Crippen molar-refractivity contribution in [3.05, 3.63) is 35.2 Å². The maximum Gasteiger partial charge on any atom is 0.274 e. The van der Waals surface area contributed by atoms with Crippen LogP contribution in [0.25, 0.3) is 0 Å². The molecule has 1 fully saturated rings. The quantitative estimate of drug-likeness (QED) is 0.923. The molecule has 1 saturated heterocycles. The Bertz CT molecular complexity index is 748. The molecular formula is C17H24N6O. The molecule has 1 N–H and O–H groups in total. The number of imidazole rings is 1. The minimum absolute atomic E-state index is 0.0799. The topological polar surface area (TPSA) is 70.1 Å². The molecule has 128 valence electrons. The molecule has 2 aliphatic heterocycles. The average Bonchev–Trinajstić information content (AvgIpc) is 3.28. The van der Waals surface area contributed by atoms with Gasteiger partial charge in [-0.05, 0) is 19.8 Å². The molecule has 4 heterocycles. The third-order valence-corrected chi connectivity index (χ3v) is 5.31. The molecule has 1 unspecified atom stereocenters. The van der Waals surface area contributed by atoms with Crippen molar-refractivity contribution in [1.29, 1.82) is 0 Å². The second-order valence-corrected chi connectivity index (χ2v) is 6.93. The first-order valence-corrected chi connectivity index (χ1v) is 8.69. The zero-order valence-corrected chi connectivity index (χ0v) is 14.3. The van der Waals surface area contributed by atoms with Gasteiger partial charge in [0.25, 0.3) is 5.91 Å². The number of H-pyrrole nitrogens is 1. The van der Waals surface area contributed by atoms with Gasteiger partial charge in [0.2, 0.25) is 0 Å². The zero-order chi connectivity index (χ0) is 16.7. The van der Waals surface area contributed by atoms with Crippen LogP contribution in [0.15, 0.2) is 12.4 Å². The summed E-state index contributed by atoms with van der Waals surface area (Å²) < 4.78 is 2.04. The number of hydrogen-bond acceptors (Lipinski definition) is 4. The van der Waals surface area contributed by atoms with Crippen LogP contribution in [-0.4, -0.2) is 54.6 Å². The van der Waals surface area contributed by atoms with E-state index in [4.69, 9.17) is 0 Å². The molecule has 0 bridgehead atoms. The van der Waals surface area contributed by atoms with Crippen LogP contribution in [0, 0.1) is 0 Å². The molecule has 0 aliphatic carbocycles. The molecule has 7 heteroatoms. The van der Waals surface area contributed by atoms with Crippen LogP contribution in [0.4, 0.5) is 0 Å². The number of aryl methyl sites for hydroxylation is 1. The Kier molecular flexibility index (Phi) is 3.88. The van der Waals surface area contributed by atoms with Gasteiger partial charge in [0.1, 0.15) is 5.82 Å². The molecule has 0 saturated carbocycles. The van der Waals surface area contributed by atoms with Crippen LogP contribution in [0.3, 0.4) is 0 Å². The van der Waals surface area contributed by atoms with Gasteiger partial charge < -0.3 is 9.47 Å². The summed E-state index contributed by atoms with van der Waals surface area (Å²) in [6.07, 6.45) is 6.86. The van der Waals surface area contributed by atoms with Gasteiger partial charge in [-0.25, -0.2) is 4.98 Å². The van der Waals surface area contributed by atoms with Crippen LogP contribution in [0.1, 0.15) is 47.3 Å². The Morgan fingerprint density at radius 2 is 2.29 bits per heavy atom. The summed E-state index contributed by atoms with van der Waals surface area (Å²) in [5.74, 6) is 1.12. The van der Waals surface area contributed by atoms with Crippen molar-refractivity contribution >= 4 is 5.91 Å². The normalized spacial score (nSPS) is 21.2. The number of aromatic amines is 1. The molecule has 0 radical (unpaired) electrons. The van der Waals surface area contributed by atoms with Gasteiger partial charge in [-0.3, -0.25) is 14.8 Å². The van der Waals surface area contributed by atoms with E-state index in [2.05, 4.69) is 27.0 Å². The number of likely N-dealkylation sites (tertiary alicyclic amines) is 1. The predicted molar refractivity (Wildman–Crippen MR) is 89.3 cm³/mol. The van der Waals surface area contributed by atoms with E-state index in [1.165, 1.54) is 0 Å². The summed E-state index contributed by atoms with van der Waals surface area (Å²) in [6.45, 7) is 5.47. The molecule has 24 heavy (non-hydrogen) atoms. The lowest BCUT2D eigenvalue weighted by molar-refractivity contribution is 0.0738. The Balaban J connectivity index is 1.53. The average molecular weight is 328 g/mol. The van der Waals surface area contributed by atoms with Crippen LogP contribution < -0.4 is 0 Å². The third kappa shape index (κ3) is 2.62. The fourth-order valence-electron chi connectivity index (χ4n) is 3.78. The first kappa shape index (κ1) is 15.4. The van der Waals surface area contributed by atoms with E-state index < -0.39 is 0 Å². The molecule has 1 amide bonds. The molecule has 2 aliphatic rings. The summed E-state index contributed by atoms with van der Waals surface area (Å²) in [5.41, 5.74) is 2.80. The van der Waals surface area contributed by atoms with Gasteiger partial charge in [-0.2, -0.15) is 5.10 Å². The minimum Gasteiger partial charge on any atom is -0.337 e. The van der Waals surface area contributed by atoms with Crippen molar-refractivity contribution < 1.29 is 4.79 Å². The summed E-state index contributed by atoms with van der Waals surface area (Å²) >= 11 is 0. The highest BCUT2D eigenvalue weighted by molar-refractivity contribution is 5.94. The zero-order valence-electron chi connectivity index (χ0n) is 14.3. The Morgan fingerprint density at radius 3 is 3.00 bits per heavy atom. The lowest BCUT2D eigenvalue weighted by Crippen LogP contribution is -2.36. The van der Waals surface area contributed by atoms with E-state index in [-0.39, 0.29) is 5.91 Å². The van der Waals surface area contributed by atoms with Crippen molar-refractivity contribution in [1.82, 2.24) is 29.5 Å². The molecule has 4 rings (SSSR count). The summed E-state index contributed by atoms with van der Waals surface area (Å²) in [5, 5.41) is 7.45. The van der Waals surface area contributed by atoms with E-state index in [0.717, 1.165) is 62.5 Å². The van der Waals surface area contributed by atoms with Gasteiger partial charge in [-0.15, -0.1) is 0 Å². The second-order valence-electron chi connectivity index (χ2n) is 6.93. The van der Waals surface area contributed by atoms with Crippen molar-refractivity contribution in [2.24, 2.45) is 7.05 Å². The highest BCUT2D eigenvalue weighted by Gasteiger charge is 2.32. The first-order valence-electron chi connectivity index (χ1n) is 8.69. The van der Waals surface area contributed by atoms with Crippen molar-refractivity contribution in [2.75, 3.05) is 13.1 Å². The highest BCUT2D eigenvalue weighted by Crippen LogP contribution is 2.25. The standard InChI is InChI=1S/C17H24N6O/c1-12-4-3-7-23(12)17(24)16-13-10-22(8-5-14(13)19-20-16)11-15-18-6-9-21(15)2/h6,9,12H,3-5,7-8,10-11H2,1-2H3,(H,19,20). The largest absolute Gasteiger partial charge is 0.337 e. The van der Waals surface area contributed by atoms with E-state index in [9.17, 15) is 4.79 Å². The van der Waals surface area contributed by atoms with Crippen LogP contribution >= 0.6 is 0 Å². The number of rotatable bonds is 3. The molecule has 2 aromatic rings. The maximum atomic E-state index is 12.9. The van der Waals surface area contributed by atoms with E-state index >= 15 is 0 Å². The second kappa shape index (κ2) is 6.05. The third-order valence-electron chi connectivity index (χ3n) is 5.31. The van der Waals surface area contributed by atoms with E-state index in [1.807, 2.05) is 28.9 Å². The predicted octanol–water partition coefficient (Wildman–Crippen LogP) is 1.33. The van der Waals surface area contributed by atoms with E-state index in [1.54, 1.807) is 0 Å². The van der Waals surface area contributed by atoms with Gasteiger partial charge in [0.05, 0.1) is 6.54 Å². The summed E-state index contributed by atoms with van der Waals surface area (Å²) in [6, 6.07) is 0.317. The van der Waals surface area contributed by atoms with Gasteiger partial charge in [-0.1, -0.05) is 0 Å². The van der Waals surface area contributed by atoms with Gasteiger partial charge in [0, 0.05) is 62.8 Å². The number of hydrogen-bond donors (Lipinski definition) is 1. The number of carbonyl (C=O) groups is 1. The van der Waals surface area contributed by atoms with Gasteiger partial charge >= 0.3 is 0 Å². The Hall–Kier alpha value is -2.15. The molecule has 2 aromatic heterocycles. The highest BCUT2D eigenvalue weighted by atomic mass is 16.2. The lowest BCUT2D eigenvalue weighted by Gasteiger charge is -2.27. The van der Waals surface area contributed by atoms with E-state index in [0.29, 0.717) is 11.7 Å². The Labute approximate surface area is 141 Å². The lowest BCUT2D eigenvalue weighted by atomic mass is 10.0. The monoisotopic (exact) mass is 328 g/mol. The number of nitrogens with one attached hydrogen (secondary N) is 1. The summed E-state index contributed by atoms with van der Waals surface area (Å²) in [4.78, 5) is 21.6. The number of carbonyl (C=O) groups excluding carboxylic acids is 1. The molecule has 0 aromatic carbocycles. The molecule has 1 atom stereocenters. The number of aromatic nitrogens is 4. The number of fused-ring (bicyclic) bond motifs is 1. The fourth-order valence-corrected chi connectivity index (χ4v) is 3.78.